The van der Waals surface area contributed by atoms with E-state index in [2.05, 4.69) is 48.3 Å². The van der Waals surface area contributed by atoms with Crippen molar-refractivity contribution in [1.82, 2.24) is 10.2 Å². The van der Waals surface area contributed by atoms with Gasteiger partial charge in [-0.2, -0.15) is 0 Å². The second-order valence-electron chi connectivity index (χ2n) is 6.42. The van der Waals surface area contributed by atoms with Crippen LogP contribution in [0.3, 0.4) is 0 Å². The van der Waals surface area contributed by atoms with Gasteiger partial charge in [0.2, 0.25) is 0 Å². The Balaban J connectivity index is 1.61. The van der Waals surface area contributed by atoms with Gasteiger partial charge in [0.15, 0.2) is 0 Å². The molecule has 0 atom stereocenters. The van der Waals surface area contributed by atoms with Gasteiger partial charge in [-0.05, 0) is 62.4 Å². The SMILES string of the molecule is CC(C)CNCCCCN1CCc2ccccc2CC1. The summed E-state index contributed by atoms with van der Waals surface area (Å²) in [5.74, 6) is 0.763. The summed E-state index contributed by atoms with van der Waals surface area (Å²) in [5, 5.41) is 3.53. The average molecular weight is 274 g/mol. The van der Waals surface area contributed by atoms with Gasteiger partial charge in [0.05, 0.1) is 0 Å². The summed E-state index contributed by atoms with van der Waals surface area (Å²) < 4.78 is 0. The molecule has 0 bridgehead atoms. The van der Waals surface area contributed by atoms with E-state index in [0.717, 1.165) is 12.5 Å². The highest BCUT2D eigenvalue weighted by molar-refractivity contribution is 5.28. The lowest BCUT2D eigenvalue weighted by Gasteiger charge is -2.19. The maximum Gasteiger partial charge on any atom is 0.00221 e. The summed E-state index contributed by atoms with van der Waals surface area (Å²) >= 11 is 0. The van der Waals surface area contributed by atoms with E-state index in [1.165, 1.54) is 51.9 Å². The van der Waals surface area contributed by atoms with E-state index in [1.807, 2.05) is 0 Å². The first-order chi connectivity index (χ1) is 9.75. The van der Waals surface area contributed by atoms with E-state index in [0.29, 0.717) is 0 Å². The fraction of sp³-hybridized carbons (Fsp3) is 0.667. The molecule has 0 unspecified atom stereocenters. The van der Waals surface area contributed by atoms with Crippen molar-refractivity contribution in [2.45, 2.75) is 39.5 Å². The molecule has 0 aliphatic carbocycles. The molecule has 0 fully saturated rings. The number of nitrogens with zero attached hydrogens (tertiary/aromatic N) is 1. The van der Waals surface area contributed by atoms with Crippen LogP contribution in [-0.4, -0.2) is 37.6 Å². The minimum absolute atomic E-state index is 0.763. The van der Waals surface area contributed by atoms with Crippen molar-refractivity contribution >= 4 is 0 Å². The van der Waals surface area contributed by atoms with Crippen molar-refractivity contribution < 1.29 is 0 Å². The van der Waals surface area contributed by atoms with Crippen molar-refractivity contribution in [1.29, 1.82) is 0 Å². The minimum Gasteiger partial charge on any atom is -0.316 e. The van der Waals surface area contributed by atoms with Crippen molar-refractivity contribution in [3.63, 3.8) is 0 Å². The van der Waals surface area contributed by atoms with Gasteiger partial charge in [0.1, 0.15) is 0 Å². The topological polar surface area (TPSA) is 15.3 Å². The van der Waals surface area contributed by atoms with Crippen LogP contribution >= 0.6 is 0 Å². The second-order valence-corrected chi connectivity index (χ2v) is 6.42. The maximum absolute atomic E-state index is 3.53. The predicted octanol–water partition coefficient (Wildman–Crippen LogP) is 3.11. The Labute approximate surface area is 124 Å². The Morgan fingerprint density at radius 3 is 2.30 bits per heavy atom. The van der Waals surface area contributed by atoms with Crippen molar-refractivity contribution in [2.75, 3.05) is 32.7 Å². The van der Waals surface area contributed by atoms with Crippen molar-refractivity contribution in [3.05, 3.63) is 35.4 Å². The van der Waals surface area contributed by atoms with Crippen LogP contribution < -0.4 is 5.32 Å². The van der Waals surface area contributed by atoms with Gasteiger partial charge in [-0.15, -0.1) is 0 Å². The lowest BCUT2D eigenvalue weighted by atomic mass is 10.0. The Kier molecular flexibility index (Phi) is 6.55. The first-order valence-electron chi connectivity index (χ1n) is 8.25. The van der Waals surface area contributed by atoms with Gasteiger partial charge in [-0.25, -0.2) is 0 Å². The van der Waals surface area contributed by atoms with E-state index < -0.39 is 0 Å². The minimum atomic E-state index is 0.763. The molecule has 1 aromatic carbocycles. The molecule has 2 heteroatoms. The van der Waals surface area contributed by atoms with E-state index >= 15 is 0 Å². The molecule has 0 amide bonds. The third-order valence-corrected chi connectivity index (χ3v) is 4.14. The highest BCUT2D eigenvalue weighted by atomic mass is 15.1. The lowest BCUT2D eigenvalue weighted by molar-refractivity contribution is 0.280. The second kappa shape index (κ2) is 8.43. The molecule has 1 aromatic rings. The van der Waals surface area contributed by atoms with E-state index in [4.69, 9.17) is 0 Å². The monoisotopic (exact) mass is 274 g/mol. The number of fused-ring (bicyclic) bond motifs is 1. The molecule has 1 N–H and O–H groups in total. The van der Waals surface area contributed by atoms with Crippen LogP contribution in [0.15, 0.2) is 24.3 Å². The molecule has 0 saturated heterocycles. The van der Waals surface area contributed by atoms with Crippen molar-refractivity contribution in [3.8, 4) is 0 Å². The standard InChI is InChI=1S/C18H30N2/c1-16(2)15-19-11-5-6-12-20-13-9-17-7-3-4-8-18(17)10-14-20/h3-4,7-8,16,19H,5-6,9-15H2,1-2H3. The average Bonchev–Trinajstić information content (AvgIpc) is 2.65. The summed E-state index contributed by atoms with van der Waals surface area (Å²) in [7, 11) is 0. The smallest absolute Gasteiger partial charge is 0.00221 e. The number of benzene rings is 1. The van der Waals surface area contributed by atoms with Crippen LogP contribution in [0.2, 0.25) is 0 Å². The molecule has 0 saturated carbocycles. The van der Waals surface area contributed by atoms with Crippen LogP contribution in [0.1, 0.15) is 37.8 Å². The summed E-state index contributed by atoms with van der Waals surface area (Å²) in [6, 6.07) is 8.95. The molecule has 0 aromatic heterocycles. The lowest BCUT2D eigenvalue weighted by Crippen LogP contribution is -2.28. The summed E-state index contributed by atoms with van der Waals surface area (Å²) in [5.41, 5.74) is 3.13. The summed E-state index contributed by atoms with van der Waals surface area (Å²) in [6.45, 7) is 10.6. The third-order valence-electron chi connectivity index (χ3n) is 4.14. The fourth-order valence-corrected chi connectivity index (χ4v) is 2.91. The van der Waals surface area contributed by atoms with E-state index in [1.54, 1.807) is 11.1 Å². The van der Waals surface area contributed by atoms with E-state index in [9.17, 15) is 0 Å². The fourth-order valence-electron chi connectivity index (χ4n) is 2.91. The van der Waals surface area contributed by atoms with Crippen LogP contribution in [0.4, 0.5) is 0 Å². The van der Waals surface area contributed by atoms with Crippen LogP contribution in [-0.2, 0) is 12.8 Å². The van der Waals surface area contributed by atoms with Crippen LogP contribution in [0.5, 0.6) is 0 Å². The summed E-state index contributed by atoms with van der Waals surface area (Å²) in [6.07, 6.45) is 5.07. The van der Waals surface area contributed by atoms with Crippen LogP contribution in [0, 0.1) is 5.92 Å². The van der Waals surface area contributed by atoms with Crippen molar-refractivity contribution in [2.24, 2.45) is 5.92 Å². The molecule has 20 heavy (non-hydrogen) atoms. The highest BCUT2D eigenvalue weighted by Gasteiger charge is 2.12. The first-order valence-corrected chi connectivity index (χ1v) is 8.25. The quantitative estimate of drug-likeness (QED) is 0.769. The number of rotatable bonds is 7. The molecule has 0 radical (unpaired) electrons. The zero-order valence-corrected chi connectivity index (χ0v) is 13.2. The predicted molar refractivity (Wildman–Crippen MR) is 87.2 cm³/mol. The Hall–Kier alpha value is -0.860. The normalized spacial score (nSPS) is 16.1. The maximum atomic E-state index is 3.53. The molecular weight excluding hydrogens is 244 g/mol. The van der Waals surface area contributed by atoms with Gasteiger partial charge < -0.3 is 10.2 Å². The zero-order valence-electron chi connectivity index (χ0n) is 13.2. The molecule has 0 spiro atoms. The number of hydrogen-bond donors (Lipinski definition) is 1. The zero-order chi connectivity index (χ0) is 14.2. The Morgan fingerprint density at radius 1 is 1.05 bits per heavy atom. The molecule has 1 heterocycles. The van der Waals surface area contributed by atoms with Gasteiger partial charge >= 0.3 is 0 Å². The molecule has 2 nitrogen and oxygen atoms in total. The molecule has 1 aliphatic rings. The number of unbranched alkanes of at least 4 members (excludes halogenated alkanes) is 1. The Morgan fingerprint density at radius 2 is 1.70 bits per heavy atom. The van der Waals surface area contributed by atoms with Crippen LogP contribution in [0.25, 0.3) is 0 Å². The molecular formula is C18H30N2. The van der Waals surface area contributed by atoms with E-state index in [-0.39, 0.29) is 0 Å². The molecule has 1 aliphatic heterocycles. The summed E-state index contributed by atoms with van der Waals surface area (Å²) in [4.78, 5) is 2.64. The number of hydrogen-bond acceptors (Lipinski definition) is 2. The number of nitrogens with one attached hydrogen (secondary N) is 1. The first kappa shape index (κ1) is 15.5. The molecule has 2 rings (SSSR count). The van der Waals surface area contributed by atoms with Gasteiger partial charge in [-0.1, -0.05) is 38.1 Å². The molecule has 112 valence electrons. The third kappa shape index (κ3) is 5.26. The highest BCUT2D eigenvalue weighted by Crippen LogP contribution is 2.15. The van der Waals surface area contributed by atoms with Gasteiger partial charge in [-0.3, -0.25) is 0 Å². The largest absolute Gasteiger partial charge is 0.316 e. The van der Waals surface area contributed by atoms with Gasteiger partial charge in [0.25, 0.3) is 0 Å². The van der Waals surface area contributed by atoms with Gasteiger partial charge in [0, 0.05) is 13.1 Å². The Bertz CT molecular complexity index is 360.